The molecule has 0 aromatic carbocycles. The second-order valence-electron chi connectivity index (χ2n) is 5.39. The molecular weight excluding hydrogens is 334 g/mol. The van der Waals surface area contributed by atoms with Gasteiger partial charge in [-0.25, -0.2) is 28.5 Å². The highest BCUT2D eigenvalue weighted by molar-refractivity contribution is 5.67. The van der Waals surface area contributed by atoms with Gasteiger partial charge in [0.15, 0.2) is 11.6 Å². The van der Waals surface area contributed by atoms with Crippen molar-refractivity contribution < 1.29 is 18.3 Å². The second kappa shape index (κ2) is 8.45. The molecule has 0 fully saturated rings. The zero-order valence-electron chi connectivity index (χ0n) is 14.2. The number of aryl methyl sites for hydroxylation is 1. The average molecular weight is 354 g/mol. The van der Waals surface area contributed by atoms with Crippen molar-refractivity contribution in [2.24, 2.45) is 0 Å². The molecule has 2 aromatic heterocycles. The summed E-state index contributed by atoms with van der Waals surface area (Å²) < 4.78 is 32.0. The fourth-order valence-corrected chi connectivity index (χ4v) is 2.07. The van der Waals surface area contributed by atoms with Crippen molar-refractivity contribution in [3.05, 3.63) is 29.7 Å². The molecule has 2 rings (SSSR count). The fourth-order valence-electron chi connectivity index (χ4n) is 2.07. The number of unbranched alkanes of at least 4 members (excludes halogenated alkanes) is 1. The molecule has 10 heteroatoms. The van der Waals surface area contributed by atoms with Gasteiger partial charge in [-0.2, -0.15) is 4.68 Å². The van der Waals surface area contributed by atoms with E-state index in [4.69, 9.17) is 4.74 Å². The van der Waals surface area contributed by atoms with Crippen LogP contribution in [0.3, 0.4) is 0 Å². The van der Waals surface area contributed by atoms with Crippen LogP contribution in [0.5, 0.6) is 0 Å². The maximum absolute atomic E-state index is 12.8. The lowest BCUT2D eigenvalue weighted by Crippen LogP contribution is -2.29. The van der Waals surface area contributed by atoms with Crippen molar-refractivity contribution in [1.82, 2.24) is 30.0 Å². The summed E-state index contributed by atoms with van der Waals surface area (Å²) in [7, 11) is 0. The lowest BCUT2D eigenvalue weighted by atomic mass is 10.3. The molecule has 0 saturated heterocycles. The van der Waals surface area contributed by atoms with E-state index in [1.54, 1.807) is 13.8 Å². The molecule has 1 atom stereocenters. The molecule has 0 saturated carbocycles. The van der Waals surface area contributed by atoms with Gasteiger partial charge in [0.25, 0.3) is 6.43 Å². The van der Waals surface area contributed by atoms with Crippen LogP contribution in [-0.4, -0.2) is 37.4 Å². The monoisotopic (exact) mass is 354 g/mol. The van der Waals surface area contributed by atoms with Crippen LogP contribution >= 0.6 is 0 Å². The van der Waals surface area contributed by atoms with Crippen LogP contribution in [-0.2, 0) is 4.74 Å². The predicted molar refractivity (Wildman–Crippen MR) is 84.4 cm³/mol. The molecule has 0 bridgehead atoms. The minimum Gasteiger partial charge on any atom is -0.450 e. The Morgan fingerprint density at radius 1 is 1.40 bits per heavy atom. The summed E-state index contributed by atoms with van der Waals surface area (Å²) in [5, 5.41) is 6.80. The molecule has 1 N–H and O–H groups in total. The van der Waals surface area contributed by atoms with E-state index < -0.39 is 24.3 Å². The number of ether oxygens (including phenoxy) is 1. The first kappa shape index (κ1) is 18.7. The molecule has 0 aliphatic carbocycles. The van der Waals surface area contributed by atoms with Crippen LogP contribution in [0.4, 0.5) is 13.6 Å². The van der Waals surface area contributed by atoms with Crippen molar-refractivity contribution in [3.63, 3.8) is 0 Å². The van der Waals surface area contributed by atoms with Gasteiger partial charge in [-0.3, -0.25) is 0 Å². The van der Waals surface area contributed by atoms with Gasteiger partial charge in [-0.05, 0) is 20.3 Å². The van der Waals surface area contributed by atoms with Crippen LogP contribution in [0.15, 0.2) is 12.4 Å². The number of aromatic nitrogens is 5. The Morgan fingerprint density at radius 2 is 2.16 bits per heavy atom. The van der Waals surface area contributed by atoms with Crippen LogP contribution in [0.2, 0.25) is 0 Å². The highest BCUT2D eigenvalue weighted by Crippen LogP contribution is 2.19. The standard InChI is InChI=1S/C15H20F2N6O2/c1-4-5-6-25-15(24)20-9(2)14-21-10(3)22-23(14)12-7-11(13(16)17)18-8-19-12/h7-9,13H,4-6H2,1-3H3,(H,20,24)/t9-/m0/s1. The Labute approximate surface area is 143 Å². The number of hydrogen-bond acceptors (Lipinski definition) is 6. The zero-order valence-corrected chi connectivity index (χ0v) is 14.2. The number of amides is 1. The van der Waals surface area contributed by atoms with E-state index in [-0.39, 0.29) is 5.82 Å². The van der Waals surface area contributed by atoms with Gasteiger partial charge in [0.05, 0.1) is 12.6 Å². The number of nitrogens with one attached hydrogen (secondary N) is 1. The molecule has 136 valence electrons. The molecule has 2 heterocycles. The van der Waals surface area contributed by atoms with E-state index in [1.165, 1.54) is 4.68 Å². The van der Waals surface area contributed by atoms with E-state index in [0.29, 0.717) is 18.3 Å². The first-order valence-electron chi connectivity index (χ1n) is 7.89. The SMILES string of the molecule is CCCCOC(=O)N[C@@H](C)c1nc(C)nn1-c1cc(C(F)F)ncn1. The van der Waals surface area contributed by atoms with Crippen LogP contribution < -0.4 is 5.32 Å². The third-order valence-electron chi connectivity index (χ3n) is 3.31. The molecule has 0 unspecified atom stereocenters. The maximum atomic E-state index is 12.8. The number of carbonyl (C=O) groups is 1. The van der Waals surface area contributed by atoms with Gasteiger partial charge in [-0.15, -0.1) is 5.10 Å². The minimum absolute atomic E-state index is 0.147. The molecule has 25 heavy (non-hydrogen) atoms. The minimum atomic E-state index is -2.72. The van der Waals surface area contributed by atoms with E-state index in [9.17, 15) is 13.6 Å². The van der Waals surface area contributed by atoms with Crippen molar-refractivity contribution in [1.29, 1.82) is 0 Å². The van der Waals surface area contributed by atoms with Gasteiger partial charge in [0.1, 0.15) is 17.8 Å². The van der Waals surface area contributed by atoms with Gasteiger partial charge in [-0.1, -0.05) is 13.3 Å². The molecule has 8 nitrogen and oxygen atoms in total. The number of rotatable bonds is 7. The summed E-state index contributed by atoms with van der Waals surface area (Å²) in [4.78, 5) is 23.5. The summed E-state index contributed by atoms with van der Waals surface area (Å²) in [6.45, 7) is 5.66. The van der Waals surface area contributed by atoms with Crippen LogP contribution in [0.25, 0.3) is 5.82 Å². The fraction of sp³-hybridized carbons (Fsp3) is 0.533. The number of carbonyl (C=O) groups excluding carboxylic acids is 1. The third kappa shape index (κ3) is 4.91. The van der Waals surface area contributed by atoms with Crippen molar-refractivity contribution in [2.75, 3.05) is 6.61 Å². The van der Waals surface area contributed by atoms with E-state index in [2.05, 4.69) is 25.4 Å². The molecule has 0 radical (unpaired) electrons. The number of halogens is 2. The summed E-state index contributed by atoms with van der Waals surface area (Å²) in [6, 6.07) is 0.578. The van der Waals surface area contributed by atoms with Gasteiger partial charge in [0.2, 0.25) is 0 Å². The topological polar surface area (TPSA) is 94.8 Å². The van der Waals surface area contributed by atoms with E-state index in [1.807, 2.05) is 6.92 Å². The summed E-state index contributed by atoms with van der Waals surface area (Å²) in [6.07, 6.45) is -0.581. The maximum Gasteiger partial charge on any atom is 0.407 e. The lowest BCUT2D eigenvalue weighted by molar-refractivity contribution is 0.141. The van der Waals surface area contributed by atoms with Gasteiger partial charge in [0, 0.05) is 6.07 Å². The third-order valence-corrected chi connectivity index (χ3v) is 3.31. The first-order chi connectivity index (χ1) is 11.9. The average Bonchev–Trinajstić information content (AvgIpc) is 2.97. The van der Waals surface area contributed by atoms with E-state index >= 15 is 0 Å². The molecule has 0 spiro atoms. The molecule has 0 aliphatic rings. The largest absolute Gasteiger partial charge is 0.450 e. The van der Waals surface area contributed by atoms with Gasteiger partial charge >= 0.3 is 6.09 Å². The van der Waals surface area contributed by atoms with Gasteiger partial charge < -0.3 is 10.1 Å². The Balaban J connectivity index is 2.20. The molecule has 2 aromatic rings. The summed E-state index contributed by atoms with van der Waals surface area (Å²) >= 11 is 0. The van der Waals surface area contributed by atoms with E-state index in [0.717, 1.165) is 25.2 Å². The van der Waals surface area contributed by atoms with Crippen molar-refractivity contribution in [2.45, 2.75) is 46.1 Å². The van der Waals surface area contributed by atoms with Crippen molar-refractivity contribution >= 4 is 6.09 Å². The highest BCUT2D eigenvalue weighted by atomic mass is 19.3. The normalized spacial score (nSPS) is 12.2. The van der Waals surface area contributed by atoms with Crippen molar-refractivity contribution in [3.8, 4) is 5.82 Å². The summed E-state index contributed by atoms with van der Waals surface area (Å²) in [5.74, 6) is 0.915. The number of nitrogens with zero attached hydrogens (tertiary/aromatic N) is 5. The number of alkyl halides is 2. The quantitative estimate of drug-likeness (QED) is 0.768. The number of alkyl carbamates (subject to hydrolysis) is 1. The second-order valence-corrected chi connectivity index (χ2v) is 5.39. The smallest absolute Gasteiger partial charge is 0.407 e. The van der Waals surface area contributed by atoms with Crippen LogP contribution in [0, 0.1) is 6.92 Å². The molecular formula is C15H20F2N6O2. The van der Waals surface area contributed by atoms with Crippen LogP contribution in [0.1, 0.15) is 56.5 Å². The number of hydrogen-bond donors (Lipinski definition) is 1. The Hall–Kier alpha value is -2.65. The molecule has 1 amide bonds. The zero-order chi connectivity index (χ0) is 18.4. The highest BCUT2D eigenvalue weighted by Gasteiger charge is 2.20. The Morgan fingerprint density at radius 3 is 2.84 bits per heavy atom. The first-order valence-corrected chi connectivity index (χ1v) is 7.89. The predicted octanol–water partition coefficient (Wildman–Crippen LogP) is 2.89. The Bertz CT molecular complexity index is 722. The molecule has 0 aliphatic heterocycles. The Kier molecular flexibility index (Phi) is 6.31. The summed E-state index contributed by atoms with van der Waals surface area (Å²) in [5.41, 5.74) is -0.413. The lowest BCUT2D eigenvalue weighted by Gasteiger charge is -2.14.